The van der Waals surface area contributed by atoms with Crippen molar-refractivity contribution in [3.63, 3.8) is 0 Å². The fraction of sp³-hybridized carbons (Fsp3) is 0. The summed E-state index contributed by atoms with van der Waals surface area (Å²) in [5, 5.41) is 11.1. The maximum absolute atomic E-state index is 11.5. The van der Waals surface area contributed by atoms with Gasteiger partial charge in [-0.15, -0.1) is 0 Å². The van der Waals surface area contributed by atoms with E-state index in [-0.39, 0.29) is 0 Å². The Morgan fingerprint density at radius 3 is 2.24 bits per heavy atom. The van der Waals surface area contributed by atoms with Crippen molar-refractivity contribution in [3.8, 4) is 0 Å². The maximum atomic E-state index is 11.5. The van der Waals surface area contributed by atoms with E-state index in [1.165, 1.54) is 0 Å². The molecule has 1 aromatic rings. The normalized spacial score (nSPS) is 10.7. The number of carbonyl (C=O) groups excluding carboxylic acids is 2. The Morgan fingerprint density at radius 2 is 1.76 bits per heavy atom. The summed E-state index contributed by atoms with van der Waals surface area (Å²) >= 11 is 0. The van der Waals surface area contributed by atoms with Gasteiger partial charge in [0.1, 0.15) is 5.57 Å². The highest BCUT2D eigenvalue weighted by atomic mass is 16.4. The summed E-state index contributed by atoms with van der Waals surface area (Å²) in [4.78, 5) is 32.8. The third-order valence-corrected chi connectivity index (χ3v) is 1.79. The first-order chi connectivity index (χ1) is 8.00. The van der Waals surface area contributed by atoms with Crippen molar-refractivity contribution in [3.05, 3.63) is 42.0 Å². The summed E-state index contributed by atoms with van der Waals surface area (Å²) in [6, 6.07) is 8.26. The first-order valence-electron chi connectivity index (χ1n) is 4.61. The highest BCUT2D eigenvalue weighted by Crippen LogP contribution is 2.07. The smallest absolute Gasteiger partial charge is 0.341 e. The minimum absolute atomic E-state index is 0.425. The van der Waals surface area contributed by atoms with Gasteiger partial charge in [-0.1, -0.05) is 18.2 Å². The number of carbonyl (C=O) groups is 3. The van der Waals surface area contributed by atoms with Gasteiger partial charge in [-0.3, -0.25) is 9.59 Å². The third-order valence-electron chi connectivity index (χ3n) is 1.79. The number of primary amides is 1. The van der Waals surface area contributed by atoms with Crippen molar-refractivity contribution >= 4 is 23.5 Å². The number of hydrogen-bond donors (Lipinski definition) is 3. The second-order valence-electron chi connectivity index (χ2n) is 3.09. The lowest BCUT2D eigenvalue weighted by atomic mass is 10.2. The topological polar surface area (TPSA) is 109 Å². The van der Waals surface area contributed by atoms with Crippen LogP contribution in [0.4, 0.5) is 5.69 Å². The second kappa shape index (κ2) is 5.45. The molecule has 88 valence electrons. The third kappa shape index (κ3) is 3.78. The molecule has 6 heteroatoms. The van der Waals surface area contributed by atoms with Crippen LogP contribution in [0.5, 0.6) is 0 Å². The Balaban J connectivity index is 2.88. The molecule has 0 aliphatic carbocycles. The summed E-state index contributed by atoms with van der Waals surface area (Å²) in [6.07, 6.45) is 0.570. The lowest BCUT2D eigenvalue weighted by Crippen LogP contribution is -2.22. The van der Waals surface area contributed by atoms with Crippen LogP contribution in [0.25, 0.3) is 0 Å². The number of nitrogens with one attached hydrogen (secondary N) is 1. The Morgan fingerprint density at radius 1 is 1.18 bits per heavy atom. The van der Waals surface area contributed by atoms with Crippen molar-refractivity contribution in [2.24, 2.45) is 5.73 Å². The summed E-state index contributed by atoms with van der Waals surface area (Å²) in [7, 11) is 0. The van der Waals surface area contributed by atoms with E-state index in [1.807, 2.05) is 0 Å². The molecule has 0 bridgehead atoms. The summed E-state index contributed by atoms with van der Waals surface area (Å²) in [5.74, 6) is -3.41. The van der Waals surface area contributed by atoms with Crippen molar-refractivity contribution in [1.29, 1.82) is 0 Å². The van der Waals surface area contributed by atoms with Gasteiger partial charge in [-0.2, -0.15) is 0 Å². The zero-order chi connectivity index (χ0) is 12.8. The first kappa shape index (κ1) is 12.4. The molecule has 0 aromatic heterocycles. The number of aliphatic carboxylic acids is 1. The van der Waals surface area contributed by atoms with Crippen LogP contribution in [0.3, 0.4) is 0 Å². The Labute approximate surface area is 96.7 Å². The molecule has 0 fully saturated rings. The maximum Gasteiger partial charge on any atom is 0.341 e. The number of nitrogens with two attached hydrogens (primary N) is 1. The molecule has 0 unspecified atom stereocenters. The number of para-hydroxylation sites is 1. The van der Waals surface area contributed by atoms with Gasteiger partial charge in [0.05, 0.1) is 0 Å². The van der Waals surface area contributed by atoms with Gasteiger partial charge in [0.15, 0.2) is 0 Å². The van der Waals surface area contributed by atoms with Crippen LogP contribution in [-0.2, 0) is 14.4 Å². The highest BCUT2D eigenvalue weighted by molar-refractivity contribution is 6.23. The van der Waals surface area contributed by atoms with Crippen LogP contribution < -0.4 is 11.1 Å². The molecule has 0 saturated heterocycles. The largest absolute Gasteiger partial charge is 0.477 e. The fourth-order valence-electron chi connectivity index (χ4n) is 1.09. The molecule has 4 N–H and O–H groups in total. The zero-order valence-electron chi connectivity index (χ0n) is 8.71. The van der Waals surface area contributed by atoms with Crippen molar-refractivity contribution in [1.82, 2.24) is 0 Å². The van der Waals surface area contributed by atoms with E-state index in [2.05, 4.69) is 5.32 Å². The monoisotopic (exact) mass is 234 g/mol. The minimum Gasteiger partial charge on any atom is -0.477 e. The lowest BCUT2D eigenvalue weighted by Gasteiger charge is -2.04. The minimum atomic E-state index is -1.52. The zero-order valence-corrected chi connectivity index (χ0v) is 8.71. The van der Waals surface area contributed by atoms with Gasteiger partial charge < -0.3 is 16.2 Å². The molecule has 0 saturated carbocycles. The molecular weight excluding hydrogens is 224 g/mol. The van der Waals surface area contributed by atoms with E-state index in [4.69, 9.17) is 10.8 Å². The van der Waals surface area contributed by atoms with E-state index in [0.29, 0.717) is 11.8 Å². The molecule has 1 aromatic carbocycles. The van der Waals surface area contributed by atoms with Crippen LogP contribution in [0.15, 0.2) is 42.0 Å². The van der Waals surface area contributed by atoms with Gasteiger partial charge in [-0.05, 0) is 12.1 Å². The Hall–Kier alpha value is -2.63. The quantitative estimate of drug-likeness (QED) is 0.390. The number of carboxylic acid groups (broad SMARTS) is 1. The second-order valence-corrected chi connectivity index (χ2v) is 3.09. The Bertz CT molecular complexity index is 480. The molecule has 1 rings (SSSR count). The van der Waals surface area contributed by atoms with E-state index >= 15 is 0 Å². The van der Waals surface area contributed by atoms with E-state index in [1.54, 1.807) is 30.3 Å². The van der Waals surface area contributed by atoms with Crippen molar-refractivity contribution in [2.75, 3.05) is 5.32 Å². The highest BCUT2D eigenvalue weighted by Gasteiger charge is 2.18. The standard InChI is InChI=1S/C11H10N2O4/c12-9(14)6-8(11(16)17)10(15)13-7-4-2-1-3-5-7/h1-6H,(H2,12,14)(H,13,15)(H,16,17)/b8-6-. The molecule has 0 heterocycles. The number of hydrogen-bond acceptors (Lipinski definition) is 3. The van der Waals surface area contributed by atoms with E-state index < -0.39 is 23.4 Å². The van der Waals surface area contributed by atoms with E-state index in [9.17, 15) is 14.4 Å². The predicted octanol–water partition coefficient (Wildman–Crippen LogP) is 0.121. The average Bonchev–Trinajstić information content (AvgIpc) is 2.26. The van der Waals surface area contributed by atoms with Crippen LogP contribution in [0.1, 0.15) is 0 Å². The fourth-order valence-corrected chi connectivity index (χ4v) is 1.09. The van der Waals surface area contributed by atoms with Crippen molar-refractivity contribution in [2.45, 2.75) is 0 Å². The van der Waals surface area contributed by atoms with Crippen LogP contribution in [0, 0.1) is 0 Å². The summed E-state index contributed by atoms with van der Waals surface area (Å²) in [6.45, 7) is 0. The number of rotatable bonds is 4. The molecule has 2 amide bonds. The number of benzene rings is 1. The van der Waals surface area contributed by atoms with Crippen LogP contribution in [0.2, 0.25) is 0 Å². The van der Waals surface area contributed by atoms with Gasteiger partial charge in [0.2, 0.25) is 5.91 Å². The molecule has 0 aliphatic rings. The van der Waals surface area contributed by atoms with Crippen molar-refractivity contribution < 1.29 is 19.5 Å². The predicted molar refractivity (Wildman–Crippen MR) is 60.0 cm³/mol. The first-order valence-corrected chi connectivity index (χ1v) is 4.61. The lowest BCUT2D eigenvalue weighted by molar-refractivity contribution is -0.134. The van der Waals surface area contributed by atoms with E-state index in [0.717, 1.165) is 0 Å². The molecule has 0 atom stereocenters. The molecule has 0 radical (unpaired) electrons. The number of amides is 2. The van der Waals surface area contributed by atoms with Gasteiger partial charge >= 0.3 is 5.97 Å². The Kier molecular flexibility index (Phi) is 3.99. The molecule has 6 nitrogen and oxygen atoms in total. The molecule has 0 aliphatic heterocycles. The van der Waals surface area contributed by atoms with Crippen LogP contribution >= 0.6 is 0 Å². The van der Waals surface area contributed by atoms with Gasteiger partial charge in [-0.25, -0.2) is 4.79 Å². The number of anilines is 1. The summed E-state index contributed by atoms with van der Waals surface area (Å²) in [5.41, 5.74) is 4.52. The van der Waals surface area contributed by atoms with Gasteiger partial charge in [0.25, 0.3) is 5.91 Å². The van der Waals surface area contributed by atoms with Gasteiger partial charge in [0, 0.05) is 11.8 Å². The molecule has 0 spiro atoms. The summed E-state index contributed by atoms with van der Waals surface area (Å²) < 4.78 is 0. The number of carboxylic acids is 1. The molecule has 17 heavy (non-hydrogen) atoms. The molecular formula is C11H10N2O4. The average molecular weight is 234 g/mol. The SMILES string of the molecule is NC(=O)/C=C(\C(=O)O)C(=O)Nc1ccccc1. The van der Waals surface area contributed by atoms with Crippen LogP contribution in [-0.4, -0.2) is 22.9 Å².